The second kappa shape index (κ2) is 7.74. The maximum absolute atomic E-state index is 11.8. The first-order valence-corrected chi connectivity index (χ1v) is 7.14. The zero-order valence-corrected chi connectivity index (χ0v) is 12.2. The number of likely N-dealkylation sites (N-methyl/N-ethyl adjacent to an activating group) is 2. The van der Waals surface area contributed by atoms with Crippen LogP contribution in [-0.4, -0.2) is 50.2 Å². The monoisotopic (exact) mass is 256 g/mol. The van der Waals surface area contributed by atoms with Crippen LogP contribution in [0.5, 0.6) is 0 Å². The SMILES string of the molecule is CCOC(=O)C(CN(C)C1CCCCC1C)NC. The Bertz CT molecular complexity index is 258. The van der Waals surface area contributed by atoms with Gasteiger partial charge in [0.15, 0.2) is 0 Å². The van der Waals surface area contributed by atoms with Gasteiger partial charge in [-0.05, 0) is 39.8 Å². The van der Waals surface area contributed by atoms with Gasteiger partial charge in [0.25, 0.3) is 0 Å². The van der Waals surface area contributed by atoms with Gasteiger partial charge in [0.1, 0.15) is 6.04 Å². The average molecular weight is 256 g/mol. The highest BCUT2D eigenvalue weighted by Gasteiger charge is 2.28. The van der Waals surface area contributed by atoms with E-state index < -0.39 is 0 Å². The van der Waals surface area contributed by atoms with E-state index in [2.05, 4.69) is 24.2 Å². The number of carbonyl (C=O) groups excluding carboxylic acids is 1. The minimum Gasteiger partial charge on any atom is -0.465 e. The Morgan fingerprint density at radius 2 is 2.11 bits per heavy atom. The summed E-state index contributed by atoms with van der Waals surface area (Å²) in [6.45, 7) is 5.33. The summed E-state index contributed by atoms with van der Waals surface area (Å²) in [5, 5.41) is 3.06. The fourth-order valence-corrected chi connectivity index (χ4v) is 2.90. The number of hydrogen-bond donors (Lipinski definition) is 1. The van der Waals surface area contributed by atoms with E-state index in [4.69, 9.17) is 4.74 Å². The van der Waals surface area contributed by atoms with E-state index in [9.17, 15) is 4.79 Å². The maximum atomic E-state index is 11.8. The van der Waals surface area contributed by atoms with Gasteiger partial charge in [-0.1, -0.05) is 19.8 Å². The van der Waals surface area contributed by atoms with Crippen LogP contribution >= 0.6 is 0 Å². The topological polar surface area (TPSA) is 41.6 Å². The van der Waals surface area contributed by atoms with Gasteiger partial charge in [-0.3, -0.25) is 4.79 Å². The first-order chi connectivity index (χ1) is 8.60. The van der Waals surface area contributed by atoms with E-state index in [0.29, 0.717) is 12.6 Å². The van der Waals surface area contributed by atoms with Crippen molar-refractivity contribution in [1.29, 1.82) is 0 Å². The van der Waals surface area contributed by atoms with Gasteiger partial charge < -0.3 is 15.0 Å². The maximum Gasteiger partial charge on any atom is 0.324 e. The van der Waals surface area contributed by atoms with E-state index >= 15 is 0 Å². The highest BCUT2D eigenvalue weighted by molar-refractivity contribution is 5.76. The van der Waals surface area contributed by atoms with Crippen molar-refractivity contribution in [3.8, 4) is 0 Å². The summed E-state index contributed by atoms with van der Waals surface area (Å²) < 4.78 is 5.08. The molecule has 0 spiro atoms. The van der Waals surface area contributed by atoms with Crippen molar-refractivity contribution >= 4 is 5.97 Å². The molecule has 1 saturated carbocycles. The third-order valence-corrected chi connectivity index (χ3v) is 4.02. The number of nitrogens with zero attached hydrogens (tertiary/aromatic N) is 1. The van der Waals surface area contributed by atoms with Crippen LogP contribution in [0, 0.1) is 5.92 Å². The minimum atomic E-state index is -0.218. The van der Waals surface area contributed by atoms with Gasteiger partial charge in [-0.2, -0.15) is 0 Å². The molecular weight excluding hydrogens is 228 g/mol. The number of ether oxygens (including phenoxy) is 1. The second-order valence-corrected chi connectivity index (χ2v) is 5.36. The summed E-state index contributed by atoms with van der Waals surface area (Å²) in [5.74, 6) is 0.582. The molecule has 1 rings (SSSR count). The molecule has 0 aromatic rings. The molecule has 0 aromatic heterocycles. The Labute approximate surface area is 111 Å². The third-order valence-electron chi connectivity index (χ3n) is 4.02. The van der Waals surface area contributed by atoms with Crippen molar-refractivity contribution in [2.24, 2.45) is 5.92 Å². The highest BCUT2D eigenvalue weighted by atomic mass is 16.5. The largest absolute Gasteiger partial charge is 0.465 e. The fraction of sp³-hybridized carbons (Fsp3) is 0.929. The molecule has 0 radical (unpaired) electrons. The summed E-state index contributed by atoms with van der Waals surface area (Å²) in [6.07, 6.45) is 5.21. The quantitative estimate of drug-likeness (QED) is 0.734. The highest BCUT2D eigenvalue weighted by Crippen LogP contribution is 2.27. The van der Waals surface area contributed by atoms with Crippen LogP contribution in [0.3, 0.4) is 0 Å². The van der Waals surface area contributed by atoms with E-state index in [1.54, 1.807) is 0 Å². The molecule has 4 nitrogen and oxygen atoms in total. The molecule has 1 N–H and O–H groups in total. The van der Waals surface area contributed by atoms with E-state index in [-0.39, 0.29) is 12.0 Å². The number of esters is 1. The lowest BCUT2D eigenvalue weighted by atomic mass is 9.85. The summed E-state index contributed by atoms with van der Waals surface area (Å²) >= 11 is 0. The van der Waals surface area contributed by atoms with Crippen LogP contribution in [0.15, 0.2) is 0 Å². The molecule has 106 valence electrons. The Kier molecular flexibility index (Phi) is 6.65. The van der Waals surface area contributed by atoms with Crippen LogP contribution in [0.4, 0.5) is 0 Å². The molecule has 1 fully saturated rings. The van der Waals surface area contributed by atoms with Crippen LogP contribution in [-0.2, 0) is 9.53 Å². The fourth-order valence-electron chi connectivity index (χ4n) is 2.90. The molecule has 1 aliphatic rings. The molecule has 0 bridgehead atoms. The van der Waals surface area contributed by atoms with Crippen LogP contribution in [0.25, 0.3) is 0 Å². The second-order valence-electron chi connectivity index (χ2n) is 5.36. The van der Waals surface area contributed by atoms with Crippen LogP contribution in [0.1, 0.15) is 39.5 Å². The summed E-state index contributed by atoms with van der Waals surface area (Å²) in [4.78, 5) is 14.1. The van der Waals surface area contributed by atoms with E-state index in [1.165, 1.54) is 25.7 Å². The molecule has 0 saturated heterocycles. The molecule has 0 amide bonds. The lowest BCUT2D eigenvalue weighted by Crippen LogP contribution is -2.49. The number of rotatable bonds is 6. The van der Waals surface area contributed by atoms with Crippen molar-refractivity contribution < 1.29 is 9.53 Å². The van der Waals surface area contributed by atoms with Gasteiger partial charge in [-0.15, -0.1) is 0 Å². The summed E-state index contributed by atoms with van der Waals surface area (Å²) in [7, 11) is 3.94. The predicted molar refractivity (Wildman–Crippen MR) is 73.5 cm³/mol. The van der Waals surface area contributed by atoms with E-state index in [0.717, 1.165) is 12.5 Å². The van der Waals surface area contributed by atoms with Crippen molar-refractivity contribution in [1.82, 2.24) is 10.2 Å². The Hall–Kier alpha value is -0.610. The Balaban J connectivity index is 2.49. The van der Waals surface area contributed by atoms with Gasteiger partial charge in [0.2, 0.25) is 0 Å². The number of carbonyl (C=O) groups is 1. The van der Waals surface area contributed by atoms with Gasteiger partial charge in [-0.25, -0.2) is 0 Å². The Morgan fingerprint density at radius 3 is 2.67 bits per heavy atom. The van der Waals surface area contributed by atoms with Crippen molar-refractivity contribution in [3.05, 3.63) is 0 Å². The molecule has 4 heteroatoms. The van der Waals surface area contributed by atoms with E-state index in [1.807, 2.05) is 14.0 Å². The standard InChI is InChI=1S/C14H28N2O2/c1-5-18-14(17)12(15-3)10-16(4)13-9-7-6-8-11(13)2/h11-13,15H,5-10H2,1-4H3. The summed E-state index contributed by atoms with van der Waals surface area (Å²) in [5.41, 5.74) is 0. The van der Waals surface area contributed by atoms with Crippen molar-refractivity contribution in [2.75, 3.05) is 27.2 Å². The molecule has 1 aliphatic carbocycles. The third kappa shape index (κ3) is 4.25. The zero-order chi connectivity index (χ0) is 13.5. The summed E-state index contributed by atoms with van der Waals surface area (Å²) in [6, 6.07) is 0.383. The van der Waals surface area contributed by atoms with Crippen LogP contribution < -0.4 is 5.32 Å². The molecule has 0 aliphatic heterocycles. The first-order valence-electron chi connectivity index (χ1n) is 7.14. The molecule has 0 heterocycles. The van der Waals surface area contributed by atoms with Gasteiger partial charge >= 0.3 is 5.97 Å². The molecular formula is C14H28N2O2. The molecule has 3 atom stereocenters. The van der Waals surface area contributed by atoms with Gasteiger partial charge in [0.05, 0.1) is 6.61 Å². The molecule has 18 heavy (non-hydrogen) atoms. The lowest BCUT2D eigenvalue weighted by Gasteiger charge is -2.37. The lowest BCUT2D eigenvalue weighted by molar-refractivity contribution is -0.146. The smallest absolute Gasteiger partial charge is 0.324 e. The minimum absolute atomic E-state index is 0.143. The van der Waals surface area contributed by atoms with Crippen molar-refractivity contribution in [3.63, 3.8) is 0 Å². The normalized spacial score (nSPS) is 26.1. The zero-order valence-electron chi connectivity index (χ0n) is 12.2. The van der Waals surface area contributed by atoms with Gasteiger partial charge in [0, 0.05) is 12.6 Å². The number of hydrogen-bond acceptors (Lipinski definition) is 4. The average Bonchev–Trinajstić information content (AvgIpc) is 2.36. The molecule has 3 unspecified atom stereocenters. The van der Waals surface area contributed by atoms with Crippen LogP contribution in [0.2, 0.25) is 0 Å². The predicted octanol–water partition coefficient (Wildman–Crippen LogP) is 1.65. The first kappa shape index (κ1) is 15.4. The molecule has 0 aromatic carbocycles. The Morgan fingerprint density at radius 1 is 1.44 bits per heavy atom. The number of nitrogens with one attached hydrogen (secondary N) is 1. The van der Waals surface area contributed by atoms with Crippen molar-refractivity contribution in [2.45, 2.75) is 51.6 Å².